The van der Waals surface area contributed by atoms with Gasteiger partial charge in [0, 0.05) is 23.3 Å². The summed E-state index contributed by atoms with van der Waals surface area (Å²) in [5, 5.41) is 9.70. The smallest absolute Gasteiger partial charge is 0.315 e. The SMILES string of the molecule is O=C(NC1CC1)NC12CC3CC(C1)CC(NC(=O)c1ccccn1)(C3)C2. The molecule has 26 heavy (non-hydrogen) atoms. The second-order valence-electron chi connectivity index (χ2n) is 9.06. The fourth-order valence-corrected chi connectivity index (χ4v) is 6.05. The average molecular weight is 354 g/mol. The van der Waals surface area contributed by atoms with Crippen molar-refractivity contribution < 1.29 is 9.59 Å². The Balaban J connectivity index is 1.34. The number of rotatable bonds is 4. The zero-order valence-corrected chi connectivity index (χ0v) is 15.0. The van der Waals surface area contributed by atoms with Gasteiger partial charge in [-0.25, -0.2) is 4.79 Å². The van der Waals surface area contributed by atoms with Gasteiger partial charge in [-0.3, -0.25) is 9.78 Å². The Morgan fingerprint density at radius 2 is 1.69 bits per heavy atom. The summed E-state index contributed by atoms with van der Waals surface area (Å²) in [5.41, 5.74) is 0.100. The Kier molecular flexibility index (Phi) is 3.52. The molecule has 1 heterocycles. The fraction of sp³-hybridized carbons (Fsp3) is 0.650. The van der Waals surface area contributed by atoms with Crippen molar-refractivity contribution in [2.45, 2.75) is 68.5 Å². The number of urea groups is 1. The first-order chi connectivity index (χ1) is 12.5. The van der Waals surface area contributed by atoms with Crippen molar-refractivity contribution in [3.05, 3.63) is 30.1 Å². The number of nitrogens with zero attached hydrogens (tertiary/aromatic N) is 1. The largest absolute Gasteiger partial charge is 0.345 e. The van der Waals surface area contributed by atoms with E-state index in [-0.39, 0.29) is 23.0 Å². The van der Waals surface area contributed by atoms with Gasteiger partial charge in [0.2, 0.25) is 0 Å². The van der Waals surface area contributed by atoms with Crippen molar-refractivity contribution in [3.8, 4) is 0 Å². The molecule has 6 heteroatoms. The molecule has 0 aliphatic heterocycles. The number of pyridine rings is 1. The van der Waals surface area contributed by atoms with Crippen LogP contribution < -0.4 is 16.0 Å². The zero-order valence-electron chi connectivity index (χ0n) is 15.0. The van der Waals surface area contributed by atoms with Crippen LogP contribution in [-0.4, -0.2) is 34.0 Å². The number of nitrogens with one attached hydrogen (secondary N) is 3. The maximum atomic E-state index is 12.7. The quantitative estimate of drug-likeness (QED) is 0.776. The molecule has 0 aromatic carbocycles. The Labute approximate surface area is 153 Å². The van der Waals surface area contributed by atoms with Gasteiger partial charge in [-0.15, -0.1) is 0 Å². The standard InChI is InChI=1S/C20H26N4O2/c25-17(16-3-1-2-6-21-16)23-19-8-13-7-14(9-19)11-20(10-13,12-19)24-18(26)22-15-4-5-15/h1-3,6,13-15H,4-5,7-12H2,(H,23,25)(H2,22,24,26). The van der Waals surface area contributed by atoms with Gasteiger partial charge in [-0.2, -0.15) is 0 Å². The van der Waals surface area contributed by atoms with Crippen LogP contribution in [0.5, 0.6) is 0 Å². The molecule has 3 N–H and O–H groups in total. The van der Waals surface area contributed by atoms with Crippen LogP contribution in [0.25, 0.3) is 0 Å². The molecule has 2 atom stereocenters. The lowest BCUT2D eigenvalue weighted by atomic mass is 9.50. The highest BCUT2D eigenvalue weighted by Gasteiger charge is 2.58. The maximum Gasteiger partial charge on any atom is 0.315 e. The Morgan fingerprint density at radius 1 is 1.00 bits per heavy atom. The summed E-state index contributed by atoms with van der Waals surface area (Å²) in [7, 11) is 0. The molecule has 4 bridgehead atoms. The minimum absolute atomic E-state index is 0.0272. The highest BCUT2D eigenvalue weighted by Crippen LogP contribution is 2.57. The summed E-state index contributed by atoms with van der Waals surface area (Å²) in [6.45, 7) is 0. The van der Waals surface area contributed by atoms with E-state index in [0.29, 0.717) is 23.6 Å². The second-order valence-corrected chi connectivity index (χ2v) is 9.06. The molecule has 5 fully saturated rings. The maximum absolute atomic E-state index is 12.7. The first-order valence-electron chi connectivity index (χ1n) is 9.85. The number of hydrogen-bond donors (Lipinski definition) is 3. The molecular formula is C20H26N4O2. The number of aromatic nitrogens is 1. The van der Waals surface area contributed by atoms with E-state index in [1.807, 2.05) is 12.1 Å². The molecule has 0 spiro atoms. The van der Waals surface area contributed by atoms with Crippen LogP contribution in [0.2, 0.25) is 0 Å². The number of amides is 3. The normalized spacial score (nSPS) is 37.2. The number of carbonyl (C=O) groups excluding carboxylic acids is 2. The highest BCUT2D eigenvalue weighted by molar-refractivity contribution is 5.92. The van der Waals surface area contributed by atoms with Crippen molar-refractivity contribution >= 4 is 11.9 Å². The molecule has 6 rings (SSSR count). The third kappa shape index (κ3) is 2.95. The average Bonchev–Trinajstić information content (AvgIpc) is 3.37. The van der Waals surface area contributed by atoms with Gasteiger partial charge in [0.25, 0.3) is 5.91 Å². The monoisotopic (exact) mass is 354 g/mol. The van der Waals surface area contributed by atoms with Crippen LogP contribution in [0.1, 0.15) is 61.9 Å². The lowest BCUT2D eigenvalue weighted by Gasteiger charge is -2.62. The van der Waals surface area contributed by atoms with Crippen LogP contribution in [-0.2, 0) is 0 Å². The third-order valence-corrected chi connectivity index (χ3v) is 6.63. The molecule has 6 nitrogen and oxygen atoms in total. The molecular weight excluding hydrogens is 328 g/mol. The second kappa shape index (κ2) is 5.69. The first-order valence-corrected chi connectivity index (χ1v) is 9.85. The molecule has 0 radical (unpaired) electrons. The molecule has 2 unspecified atom stereocenters. The fourth-order valence-electron chi connectivity index (χ4n) is 6.05. The minimum atomic E-state index is -0.203. The Morgan fingerprint density at radius 3 is 2.31 bits per heavy atom. The topological polar surface area (TPSA) is 83.1 Å². The highest BCUT2D eigenvalue weighted by atomic mass is 16.2. The molecule has 5 aliphatic carbocycles. The van der Waals surface area contributed by atoms with Crippen molar-refractivity contribution in [1.82, 2.24) is 20.9 Å². The van der Waals surface area contributed by atoms with Gasteiger partial charge in [0.15, 0.2) is 0 Å². The summed E-state index contributed by atoms with van der Waals surface area (Å²) in [6, 6.07) is 5.75. The van der Waals surface area contributed by atoms with E-state index in [9.17, 15) is 9.59 Å². The minimum Gasteiger partial charge on any atom is -0.345 e. The molecule has 0 saturated heterocycles. The van der Waals surface area contributed by atoms with Gasteiger partial charge in [0.1, 0.15) is 5.69 Å². The van der Waals surface area contributed by atoms with Crippen LogP contribution in [0.4, 0.5) is 4.79 Å². The van der Waals surface area contributed by atoms with E-state index in [1.54, 1.807) is 12.3 Å². The van der Waals surface area contributed by atoms with E-state index in [1.165, 1.54) is 6.42 Å². The summed E-state index contributed by atoms with van der Waals surface area (Å²) in [4.78, 5) is 29.3. The van der Waals surface area contributed by atoms with Gasteiger partial charge in [-0.05, 0) is 75.3 Å². The van der Waals surface area contributed by atoms with E-state index in [0.717, 1.165) is 44.9 Å². The first kappa shape index (κ1) is 16.1. The van der Waals surface area contributed by atoms with E-state index < -0.39 is 0 Å². The molecule has 1 aromatic rings. The summed E-state index contributed by atoms with van der Waals surface area (Å²) < 4.78 is 0. The predicted octanol–water partition coefficient (Wildman–Crippen LogP) is 2.36. The molecule has 138 valence electrons. The van der Waals surface area contributed by atoms with Crippen molar-refractivity contribution in [2.75, 3.05) is 0 Å². The van der Waals surface area contributed by atoms with Crippen LogP contribution in [0.15, 0.2) is 24.4 Å². The lowest BCUT2D eigenvalue weighted by Crippen LogP contribution is -2.70. The van der Waals surface area contributed by atoms with E-state index in [2.05, 4.69) is 20.9 Å². The predicted molar refractivity (Wildman–Crippen MR) is 96.5 cm³/mol. The van der Waals surface area contributed by atoms with E-state index >= 15 is 0 Å². The van der Waals surface area contributed by atoms with Crippen LogP contribution >= 0.6 is 0 Å². The van der Waals surface area contributed by atoms with Gasteiger partial charge in [-0.1, -0.05) is 6.07 Å². The van der Waals surface area contributed by atoms with Crippen LogP contribution in [0, 0.1) is 11.8 Å². The summed E-state index contributed by atoms with van der Waals surface area (Å²) in [6.07, 6.45) is 10.0. The van der Waals surface area contributed by atoms with Crippen molar-refractivity contribution in [2.24, 2.45) is 11.8 Å². The van der Waals surface area contributed by atoms with Gasteiger partial charge >= 0.3 is 6.03 Å². The molecule has 3 amide bonds. The zero-order chi connectivity index (χ0) is 17.8. The Bertz CT molecular complexity index is 717. The van der Waals surface area contributed by atoms with Crippen molar-refractivity contribution in [3.63, 3.8) is 0 Å². The lowest BCUT2D eigenvalue weighted by molar-refractivity contribution is -0.0431. The summed E-state index contributed by atoms with van der Waals surface area (Å²) in [5.74, 6) is 1.08. The Hall–Kier alpha value is -2.11. The number of carbonyl (C=O) groups is 2. The van der Waals surface area contributed by atoms with Gasteiger partial charge in [0.05, 0.1) is 0 Å². The molecule has 5 aliphatic rings. The summed E-state index contributed by atoms with van der Waals surface area (Å²) >= 11 is 0. The number of hydrogen-bond acceptors (Lipinski definition) is 3. The molecule has 5 saturated carbocycles. The van der Waals surface area contributed by atoms with Gasteiger partial charge < -0.3 is 16.0 Å². The van der Waals surface area contributed by atoms with E-state index in [4.69, 9.17) is 0 Å². The molecule has 1 aromatic heterocycles. The van der Waals surface area contributed by atoms with Crippen molar-refractivity contribution in [1.29, 1.82) is 0 Å². The third-order valence-electron chi connectivity index (χ3n) is 6.63. The van der Waals surface area contributed by atoms with Crippen LogP contribution in [0.3, 0.4) is 0 Å².